The fraction of sp³-hybridized carbons (Fsp3) is 0.176. The quantitative estimate of drug-likeness (QED) is 0.432. The molecule has 0 aromatic heterocycles. The van der Waals surface area contributed by atoms with E-state index in [1.807, 2.05) is 0 Å². The van der Waals surface area contributed by atoms with E-state index in [9.17, 15) is 38.6 Å². The maximum Gasteiger partial charge on any atom is 0.309 e. The highest BCUT2D eigenvalue weighted by molar-refractivity contribution is 5.72. The molecule has 0 saturated heterocycles. The van der Waals surface area contributed by atoms with Gasteiger partial charge in [-0.3, -0.25) is 29.8 Å². The van der Waals surface area contributed by atoms with Crippen molar-refractivity contribution in [3.05, 3.63) is 79.4 Å². The summed E-state index contributed by atoms with van der Waals surface area (Å²) in [5.74, 6) is -3.54. The fourth-order valence-corrected chi connectivity index (χ4v) is 2.03. The highest BCUT2D eigenvalue weighted by Gasteiger charge is 2.16. The fourth-order valence-electron chi connectivity index (χ4n) is 2.03. The van der Waals surface area contributed by atoms with E-state index in [0.29, 0.717) is 5.56 Å². The van der Waals surface area contributed by atoms with E-state index in [4.69, 9.17) is 5.11 Å². The molecule has 0 bridgehead atoms. The molecule has 2 aromatic rings. The summed E-state index contributed by atoms with van der Waals surface area (Å²) in [6, 6.07) is 6.29. The van der Waals surface area contributed by atoms with Crippen LogP contribution in [0.25, 0.3) is 0 Å². The van der Waals surface area contributed by atoms with Gasteiger partial charge in [-0.15, -0.1) is 0 Å². The van der Waals surface area contributed by atoms with Crippen LogP contribution in [0.1, 0.15) is 11.1 Å². The molecule has 0 fully saturated rings. The van der Waals surface area contributed by atoms with Crippen molar-refractivity contribution < 1.29 is 38.1 Å². The van der Waals surface area contributed by atoms with Gasteiger partial charge in [0, 0.05) is 12.1 Å². The summed E-state index contributed by atoms with van der Waals surface area (Å²) in [6.45, 7) is 0. The lowest BCUT2D eigenvalue weighted by Gasteiger charge is -2.00. The minimum atomic E-state index is -1.12. The van der Waals surface area contributed by atoms with Gasteiger partial charge >= 0.3 is 23.3 Å². The number of benzene rings is 2. The Bertz CT molecular complexity index is 949. The van der Waals surface area contributed by atoms with Crippen LogP contribution in [0.4, 0.5) is 20.2 Å². The number of aliphatic carboxylic acids is 1. The average Bonchev–Trinajstić information content (AvgIpc) is 2.64. The predicted octanol–water partition coefficient (Wildman–Crippen LogP) is 2.81. The molecule has 12 heteroatoms. The second-order valence-corrected chi connectivity index (χ2v) is 5.41. The number of carbonyl (C=O) groups is 2. The third-order valence-electron chi connectivity index (χ3n) is 3.35. The topological polar surface area (TPSA) is 150 Å². The zero-order valence-corrected chi connectivity index (χ0v) is 14.8. The van der Waals surface area contributed by atoms with Crippen LogP contribution in [0.15, 0.2) is 36.4 Å². The first-order valence-electron chi connectivity index (χ1n) is 7.69. The molecule has 0 saturated carbocycles. The summed E-state index contributed by atoms with van der Waals surface area (Å²) >= 11 is 0. The van der Waals surface area contributed by atoms with E-state index < -0.39 is 44.8 Å². The van der Waals surface area contributed by atoms with Gasteiger partial charge in [0.15, 0.2) is 0 Å². The summed E-state index contributed by atoms with van der Waals surface area (Å²) in [5, 5.41) is 29.1. The molecule has 0 spiro atoms. The molecule has 154 valence electrons. The summed E-state index contributed by atoms with van der Waals surface area (Å²) in [5.41, 5.74) is -0.805. The Morgan fingerprint density at radius 3 is 1.69 bits per heavy atom. The molecule has 0 unspecified atom stereocenters. The number of halogens is 2. The van der Waals surface area contributed by atoms with Crippen LogP contribution in [0, 0.1) is 31.9 Å². The first-order chi connectivity index (χ1) is 13.5. The van der Waals surface area contributed by atoms with Gasteiger partial charge < -0.3 is 9.84 Å². The van der Waals surface area contributed by atoms with E-state index in [1.54, 1.807) is 0 Å². The standard InChI is InChI=1S/C9H8FNO4.C8H6FNO4/c1-15-9(12)5-6-2-3-7(10)8(4-6)11(13)14;9-6-2-1-5(4-8(11)12)3-7(6)10(13)14/h2-4H,5H2,1H3;1-3H,4H2,(H,11,12). The molecule has 2 aromatic carbocycles. The van der Waals surface area contributed by atoms with Gasteiger partial charge in [0.1, 0.15) is 0 Å². The van der Waals surface area contributed by atoms with Crippen LogP contribution < -0.4 is 0 Å². The van der Waals surface area contributed by atoms with E-state index in [-0.39, 0.29) is 18.4 Å². The van der Waals surface area contributed by atoms with Crippen LogP contribution in [-0.4, -0.2) is 34.0 Å². The number of esters is 1. The van der Waals surface area contributed by atoms with Crippen molar-refractivity contribution in [3.63, 3.8) is 0 Å². The van der Waals surface area contributed by atoms with E-state index in [1.165, 1.54) is 19.2 Å². The SMILES string of the molecule is COC(=O)Cc1ccc(F)c([N+](=O)[O-])c1.O=C(O)Cc1ccc(F)c([N+](=O)[O-])c1. The minimum absolute atomic E-state index is 0.113. The first kappa shape index (κ1) is 23.1. The van der Waals surface area contributed by atoms with Crippen LogP contribution in [0.5, 0.6) is 0 Å². The molecule has 2 rings (SSSR count). The van der Waals surface area contributed by atoms with Crippen molar-refractivity contribution in [2.75, 3.05) is 7.11 Å². The lowest BCUT2D eigenvalue weighted by atomic mass is 10.1. The maximum atomic E-state index is 12.9. The van der Waals surface area contributed by atoms with Crippen molar-refractivity contribution >= 4 is 23.3 Å². The van der Waals surface area contributed by atoms with Crippen LogP contribution in [0.3, 0.4) is 0 Å². The maximum absolute atomic E-state index is 12.9. The number of hydrogen-bond acceptors (Lipinski definition) is 7. The van der Waals surface area contributed by atoms with E-state index in [2.05, 4.69) is 4.74 Å². The minimum Gasteiger partial charge on any atom is -0.481 e. The molecule has 0 radical (unpaired) electrons. The molecule has 0 heterocycles. The molecule has 29 heavy (non-hydrogen) atoms. The van der Waals surface area contributed by atoms with Crippen molar-refractivity contribution in [1.29, 1.82) is 0 Å². The number of nitrogens with zero attached hydrogens (tertiary/aromatic N) is 2. The first-order valence-corrected chi connectivity index (χ1v) is 7.69. The monoisotopic (exact) mass is 412 g/mol. The number of carbonyl (C=O) groups excluding carboxylic acids is 1. The van der Waals surface area contributed by atoms with Crippen LogP contribution in [0.2, 0.25) is 0 Å². The third kappa shape index (κ3) is 7.28. The lowest BCUT2D eigenvalue weighted by Crippen LogP contribution is -2.05. The number of rotatable bonds is 6. The second kappa shape index (κ2) is 10.4. The highest BCUT2D eigenvalue weighted by atomic mass is 19.1. The average molecular weight is 412 g/mol. The third-order valence-corrected chi connectivity index (χ3v) is 3.35. The van der Waals surface area contributed by atoms with E-state index >= 15 is 0 Å². The van der Waals surface area contributed by atoms with Crippen molar-refractivity contribution in [1.82, 2.24) is 0 Å². The highest BCUT2D eigenvalue weighted by Crippen LogP contribution is 2.19. The van der Waals surface area contributed by atoms with Gasteiger partial charge in [0.2, 0.25) is 11.6 Å². The number of carboxylic acids is 1. The van der Waals surface area contributed by atoms with Crippen molar-refractivity contribution in [2.45, 2.75) is 12.8 Å². The van der Waals surface area contributed by atoms with Crippen molar-refractivity contribution in [3.8, 4) is 0 Å². The Kier molecular flexibility index (Phi) is 8.27. The Balaban J connectivity index is 0.000000291. The lowest BCUT2D eigenvalue weighted by molar-refractivity contribution is -0.387. The number of nitro groups is 2. The zero-order chi connectivity index (χ0) is 22.1. The molecule has 0 atom stereocenters. The van der Waals surface area contributed by atoms with Gasteiger partial charge in [-0.2, -0.15) is 8.78 Å². The summed E-state index contributed by atoms with van der Waals surface area (Å²) < 4.78 is 30.0. The Morgan fingerprint density at radius 2 is 1.34 bits per heavy atom. The smallest absolute Gasteiger partial charge is 0.309 e. The second-order valence-electron chi connectivity index (χ2n) is 5.41. The Labute approximate surface area is 161 Å². The predicted molar refractivity (Wildman–Crippen MR) is 93.2 cm³/mol. The molecular formula is C17H14F2N2O8. The summed E-state index contributed by atoms with van der Waals surface area (Å²) in [7, 11) is 1.21. The molecule has 10 nitrogen and oxygen atoms in total. The van der Waals surface area contributed by atoms with Gasteiger partial charge in [0.05, 0.1) is 29.8 Å². The Morgan fingerprint density at radius 1 is 0.931 bits per heavy atom. The largest absolute Gasteiger partial charge is 0.481 e. The zero-order valence-electron chi connectivity index (χ0n) is 14.8. The normalized spacial score (nSPS) is 9.76. The molecule has 0 amide bonds. The van der Waals surface area contributed by atoms with Gasteiger partial charge in [-0.25, -0.2) is 0 Å². The number of carboxylic acid groups (broad SMARTS) is 1. The Hall–Kier alpha value is -3.96. The number of hydrogen-bond donors (Lipinski definition) is 1. The summed E-state index contributed by atoms with van der Waals surface area (Å²) in [4.78, 5) is 40.1. The molecular weight excluding hydrogens is 398 g/mol. The van der Waals surface area contributed by atoms with Crippen LogP contribution in [-0.2, 0) is 27.2 Å². The van der Waals surface area contributed by atoms with Crippen LogP contribution >= 0.6 is 0 Å². The molecule has 0 aliphatic carbocycles. The molecule has 1 N–H and O–H groups in total. The molecule has 0 aliphatic rings. The molecule has 0 aliphatic heterocycles. The van der Waals surface area contributed by atoms with Gasteiger partial charge in [0.25, 0.3) is 0 Å². The summed E-state index contributed by atoms with van der Waals surface area (Å²) in [6.07, 6.45) is -0.473. The number of ether oxygens (including phenoxy) is 1. The van der Waals surface area contributed by atoms with Crippen molar-refractivity contribution in [2.24, 2.45) is 0 Å². The number of nitro benzene ring substituents is 2. The van der Waals surface area contributed by atoms with Gasteiger partial charge in [-0.1, -0.05) is 12.1 Å². The number of methoxy groups -OCH3 is 1. The van der Waals surface area contributed by atoms with Gasteiger partial charge in [-0.05, 0) is 23.3 Å². The van der Waals surface area contributed by atoms with E-state index in [0.717, 1.165) is 24.3 Å².